The minimum atomic E-state index is 0.0922. The molecule has 2 aromatic carbocycles. The van der Waals surface area contributed by atoms with Crippen LogP contribution in [0.15, 0.2) is 59.1 Å². The third-order valence-electron chi connectivity index (χ3n) is 5.30. The van der Waals surface area contributed by atoms with Gasteiger partial charge < -0.3 is 4.52 Å². The SMILES string of the molecule is CC(C)c1noc([C@@H](C)N2Cc3ccccc3[C@@H](c3ccccc3)C2)n1. The fourth-order valence-corrected chi connectivity index (χ4v) is 3.71. The first-order valence-electron chi connectivity index (χ1n) is 9.33. The van der Waals surface area contributed by atoms with Crippen LogP contribution in [0.4, 0.5) is 0 Å². The molecule has 26 heavy (non-hydrogen) atoms. The Kier molecular flexibility index (Phi) is 4.60. The molecule has 0 N–H and O–H groups in total. The molecule has 2 atom stereocenters. The largest absolute Gasteiger partial charge is 0.338 e. The van der Waals surface area contributed by atoms with Crippen LogP contribution in [0, 0.1) is 0 Å². The van der Waals surface area contributed by atoms with Crippen molar-refractivity contribution < 1.29 is 4.52 Å². The van der Waals surface area contributed by atoms with Crippen LogP contribution in [-0.2, 0) is 6.54 Å². The minimum Gasteiger partial charge on any atom is -0.338 e. The van der Waals surface area contributed by atoms with E-state index < -0.39 is 0 Å². The number of benzene rings is 2. The maximum Gasteiger partial charge on any atom is 0.243 e. The van der Waals surface area contributed by atoms with E-state index in [1.807, 2.05) is 0 Å². The molecule has 0 saturated heterocycles. The molecule has 4 heteroatoms. The summed E-state index contributed by atoms with van der Waals surface area (Å²) in [5.41, 5.74) is 4.16. The van der Waals surface area contributed by atoms with Gasteiger partial charge in [-0.25, -0.2) is 0 Å². The monoisotopic (exact) mass is 347 g/mol. The van der Waals surface area contributed by atoms with Gasteiger partial charge in [-0.15, -0.1) is 0 Å². The van der Waals surface area contributed by atoms with Crippen LogP contribution in [0.25, 0.3) is 0 Å². The number of hydrogen-bond acceptors (Lipinski definition) is 4. The van der Waals surface area contributed by atoms with E-state index in [4.69, 9.17) is 4.52 Å². The van der Waals surface area contributed by atoms with Gasteiger partial charge >= 0.3 is 0 Å². The van der Waals surface area contributed by atoms with Crippen LogP contribution in [0.3, 0.4) is 0 Å². The van der Waals surface area contributed by atoms with Gasteiger partial charge in [0.25, 0.3) is 0 Å². The standard InChI is InChI=1S/C22H25N3O/c1-15(2)21-23-22(26-24-21)16(3)25-13-18-11-7-8-12-19(18)20(14-25)17-9-5-4-6-10-17/h4-12,15-16,20H,13-14H2,1-3H3/t16-,20-/m1/s1. The molecule has 0 fully saturated rings. The van der Waals surface area contributed by atoms with Crippen molar-refractivity contribution in [3.63, 3.8) is 0 Å². The Hall–Kier alpha value is -2.46. The number of nitrogens with zero attached hydrogens (tertiary/aromatic N) is 3. The fourth-order valence-electron chi connectivity index (χ4n) is 3.71. The third kappa shape index (κ3) is 3.17. The van der Waals surface area contributed by atoms with E-state index in [-0.39, 0.29) is 12.0 Å². The summed E-state index contributed by atoms with van der Waals surface area (Å²) in [6, 6.07) is 19.6. The second-order valence-electron chi connectivity index (χ2n) is 7.41. The highest BCUT2D eigenvalue weighted by atomic mass is 16.5. The maximum absolute atomic E-state index is 5.57. The first-order chi connectivity index (χ1) is 12.6. The van der Waals surface area contributed by atoms with Crippen molar-refractivity contribution in [2.24, 2.45) is 0 Å². The molecule has 0 spiro atoms. The Morgan fingerprint density at radius 3 is 2.46 bits per heavy atom. The molecule has 4 nitrogen and oxygen atoms in total. The molecule has 3 aromatic rings. The molecule has 1 aliphatic rings. The lowest BCUT2D eigenvalue weighted by atomic mass is 9.84. The lowest BCUT2D eigenvalue weighted by molar-refractivity contribution is 0.150. The Bertz CT molecular complexity index is 872. The fraction of sp³-hybridized carbons (Fsp3) is 0.364. The van der Waals surface area contributed by atoms with E-state index in [1.54, 1.807) is 0 Å². The van der Waals surface area contributed by atoms with Gasteiger partial charge in [0.05, 0.1) is 6.04 Å². The van der Waals surface area contributed by atoms with Crippen molar-refractivity contribution in [2.45, 2.75) is 45.2 Å². The minimum absolute atomic E-state index is 0.0922. The normalized spacial score (nSPS) is 18.7. The second-order valence-corrected chi connectivity index (χ2v) is 7.41. The highest BCUT2D eigenvalue weighted by molar-refractivity contribution is 5.40. The van der Waals surface area contributed by atoms with Crippen LogP contribution in [-0.4, -0.2) is 21.6 Å². The van der Waals surface area contributed by atoms with Gasteiger partial charge in [0, 0.05) is 24.9 Å². The Morgan fingerprint density at radius 2 is 1.73 bits per heavy atom. The molecule has 0 unspecified atom stereocenters. The van der Waals surface area contributed by atoms with E-state index in [2.05, 4.69) is 90.4 Å². The van der Waals surface area contributed by atoms with Crippen molar-refractivity contribution in [2.75, 3.05) is 6.54 Å². The number of aromatic nitrogens is 2. The molecule has 0 saturated carbocycles. The lowest BCUT2D eigenvalue weighted by Crippen LogP contribution is -2.36. The Labute approximate surface area is 154 Å². The first kappa shape index (κ1) is 17.0. The number of hydrogen-bond donors (Lipinski definition) is 0. The molecular weight excluding hydrogens is 322 g/mol. The molecule has 1 aliphatic heterocycles. The third-order valence-corrected chi connectivity index (χ3v) is 5.30. The van der Waals surface area contributed by atoms with Crippen LogP contribution < -0.4 is 0 Å². The maximum atomic E-state index is 5.57. The molecule has 134 valence electrons. The molecule has 1 aromatic heterocycles. The summed E-state index contributed by atoms with van der Waals surface area (Å²) in [4.78, 5) is 7.06. The van der Waals surface area contributed by atoms with Gasteiger partial charge in [0.15, 0.2) is 5.82 Å². The van der Waals surface area contributed by atoms with E-state index >= 15 is 0 Å². The van der Waals surface area contributed by atoms with Gasteiger partial charge in [0.2, 0.25) is 5.89 Å². The number of fused-ring (bicyclic) bond motifs is 1. The Balaban J connectivity index is 1.66. The summed E-state index contributed by atoms with van der Waals surface area (Å²) in [5, 5.41) is 4.14. The van der Waals surface area contributed by atoms with Crippen LogP contribution in [0.2, 0.25) is 0 Å². The quantitative estimate of drug-likeness (QED) is 0.673. The lowest BCUT2D eigenvalue weighted by Gasteiger charge is -2.37. The van der Waals surface area contributed by atoms with E-state index in [1.165, 1.54) is 16.7 Å². The zero-order valence-electron chi connectivity index (χ0n) is 15.6. The summed E-state index contributed by atoms with van der Waals surface area (Å²) in [6.07, 6.45) is 0. The van der Waals surface area contributed by atoms with Gasteiger partial charge in [-0.2, -0.15) is 4.98 Å². The van der Waals surface area contributed by atoms with E-state index in [0.717, 1.165) is 18.9 Å². The summed E-state index contributed by atoms with van der Waals surface area (Å²) in [6.45, 7) is 8.18. The van der Waals surface area contributed by atoms with Crippen molar-refractivity contribution in [3.05, 3.63) is 83.0 Å². The zero-order chi connectivity index (χ0) is 18.1. The zero-order valence-corrected chi connectivity index (χ0v) is 15.6. The van der Waals surface area contributed by atoms with Crippen molar-refractivity contribution >= 4 is 0 Å². The van der Waals surface area contributed by atoms with Crippen molar-refractivity contribution in [3.8, 4) is 0 Å². The van der Waals surface area contributed by atoms with Crippen molar-refractivity contribution in [1.82, 2.24) is 15.0 Å². The molecule has 4 rings (SSSR count). The van der Waals surface area contributed by atoms with Crippen molar-refractivity contribution in [1.29, 1.82) is 0 Å². The Morgan fingerprint density at radius 1 is 1.00 bits per heavy atom. The summed E-state index contributed by atoms with van der Waals surface area (Å²) < 4.78 is 5.57. The van der Waals surface area contributed by atoms with E-state index in [9.17, 15) is 0 Å². The first-order valence-corrected chi connectivity index (χ1v) is 9.33. The van der Waals surface area contributed by atoms with Gasteiger partial charge in [-0.3, -0.25) is 4.90 Å². The van der Waals surface area contributed by atoms with Crippen LogP contribution in [0.5, 0.6) is 0 Å². The van der Waals surface area contributed by atoms with E-state index in [0.29, 0.717) is 11.8 Å². The molecule has 0 amide bonds. The van der Waals surface area contributed by atoms with Gasteiger partial charge in [-0.05, 0) is 23.6 Å². The van der Waals surface area contributed by atoms with Gasteiger partial charge in [0.1, 0.15) is 0 Å². The summed E-state index contributed by atoms with van der Waals surface area (Å²) in [7, 11) is 0. The van der Waals surface area contributed by atoms with Gasteiger partial charge in [-0.1, -0.05) is 73.6 Å². The predicted octanol–water partition coefficient (Wildman–Crippen LogP) is 4.90. The molecule has 0 aliphatic carbocycles. The second kappa shape index (κ2) is 7.04. The molecule has 0 bridgehead atoms. The topological polar surface area (TPSA) is 42.2 Å². The highest BCUT2D eigenvalue weighted by Crippen LogP contribution is 2.36. The van der Waals surface area contributed by atoms with Crippen LogP contribution >= 0.6 is 0 Å². The average molecular weight is 347 g/mol. The average Bonchev–Trinajstić information content (AvgIpc) is 3.18. The van der Waals surface area contributed by atoms with Crippen LogP contribution in [0.1, 0.15) is 67.1 Å². The highest BCUT2D eigenvalue weighted by Gasteiger charge is 2.31. The molecular formula is C22H25N3O. The molecule has 2 heterocycles. The molecule has 0 radical (unpaired) electrons. The predicted molar refractivity (Wildman–Crippen MR) is 102 cm³/mol. The summed E-state index contributed by atoms with van der Waals surface area (Å²) in [5.74, 6) is 2.12. The number of rotatable bonds is 4. The summed E-state index contributed by atoms with van der Waals surface area (Å²) >= 11 is 0. The smallest absolute Gasteiger partial charge is 0.243 e.